The van der Waals surface area contributed by atoms with Crippen molar-refractivity contribution in [3.8, 4) is 17.2 Å². The van der Waals surface area contributed by atoms with Gasteiger partial charge in [-0.1, -0.05) is 72.8 Å². The molecule has 0 spiro atoms. The lowest BCUT2D eigenvalue weighted by atomic mass is 10.0. The summed E-state index contributed by atoms with van der Waals surface area (Å²) in [5, 5.41) is 35.8. The molecule has 0 radical (unpaired) electrons. The summed E-state index contributed by atoms with van der Waals surface area (Å²) in [6.07, 6.45) is -1.72. The van der Waals surface area contributed by atoms with Crippen molar-refractivity contribution in [1.82, 2.24) is 5.32 Å². The Morgan fingerprint density at radius 2 is 1.37 bits per heavy atom. The van der Waals surface area contributed by atoms with Gasteiger partial charge in [0.05, 0.1) is 17.1 Å². The number of aliphatic hydroxyl groups excluding tert-OH is 2. The molecule has 0 aromatic heterocycles. The summed E-state index contributed by atoms with van der Waals surface area (Å²) in [5.74, 6) is 1.08. The van der Waals surface area contributed by atoms with Crippen LogP contribution in [0.5, 0.6) is 17.2 Å². The van der Waals surface area contributed by atoms with E-state index < -0.39 is 17.1 Å². The van der Waals surface area contributed by atoms with Crippen LogP contribution in [0.15, 0.2) is 103 Å². The van der Waals surface area contributed by atoms with Crippen LogP contribution >= 0.6 is 0 Å². The molecule has 9 nitrogen and oxygen atoms in total. The van der Waals surface area contributed by atoms with Gasteiger partial charge in [-0.3, -0.25) is 10.1 Å². The molecule has 4 rings (SSSR count). The first-order valence-electron chi connectivity index (χ1n) is 13.3. The normalized spacial score (nSPS) is 13.1. The molecular weight excluding hydrogens is 524 g/mol. The molecule has 0 saturated heterocycles. The zero-order valence-electron chi connectivity index (χ0n) is 22.8. The Kier molecular flexibility index (Phi) is 10.7. The van der Waals surface area contributed by atoms with E-state index in [-0.39, 0.29) is 43.0 Å². The van der Waals surface area contributed by atoms with Gasteiger partial charge in [0.1, 0.15) is 37.4 Å². The first-order valence-corrected chi connectivity index (χ1v) is 13.3. The Labute approximate surface area is 239 Å². The van der Waals surface area contributed by atoms with Crippen molar-refractivity contribution in [3.05, 3.63) is 130 Å². The fraction of sp³-hybridized carbons (Fsp3) is 0.250. The molecule has 41 heavy (non-hydrogen) atoms. The molecule has 3 N–H and O–H groups in total. The number of hydrogen-bond acceptors (Lipinski definition) is 8. The lowest BCUT2D eigenvalue weighted by molar-refractivity contribution is -0.386. The lowest BCUT2D eigenvalue weighted by Crippen LogP contribution is -2.39. The highest BCUT2D eigenvalue weighted by Crippen LogP contribution is 2.32. The Morgan fingerprint density at radius 3 is 1.98 bits per heavy atom. The van der Waals surface area contributed by atoms with Crippen LogP contribution in [-0.4, -0.2) is 40.4 Å². The Bertz CT molecular complexity index is 1370. The fourth-order valence-electron chi connectivity index (χ4n) is 4.06. The summed E-state index contributed by atoms with van der Waals surface area (Å²) in [6.45, 7) is 2.53. The molecule has 0 amide bonds. The molecule has 0 aliphatic carbocycles. The molecule has 9 heteroatoms. The van der Waals surface area contributed by atoms with Crippen LogP contribution < -0.4 is 19.5 Å². The van der Waals surface area contributed by atoms with Gasteiger partial charge in [-0.25, -0.2) is 0 Å². The second-order valence-corrected chi connectivity index (χ2v) is 9.61. The molecule has 0 saturated carbocycles. The number of nitrogens with one attached hydrogen (secondary N) is 1. The molecule has 0 aliphatic heterocycles. The lowest BCUT2D eigenvalue weighted by Gasteiger charge is -2.22. The van der Waals surface area contributed by atoms with Gasteiger partial charge >= 0.3 is 5.69 Å². The number of rotatable bonds is 15. The second-order valence-electron chi connectivity index (χ2n) is 9.61. The molecule has 4 aromatic rings. The second kappa shape index (κ2) is 14.8. The molecule has 3 atom stereocenters. The summed E-state index contributed by atoms with van der Waals surface area (Å²) >= 11 is 0. The van der Waals surface area contributed by atoms with Gasteiger partial charge < -0.3 is 29.7 Å². The van der Waals surface area contributed by atoms with Crippen LogP contribution in [0.1, 0.15) is 29.7 Å². The van der Waals surface area contributed by atoms with E-state index in [4.69, 9.17) is 14.2 Å². The molecule has 0 bridgehead atoms. The minimum atomic E-state index is -0.911. The zero-order valence-corrected chi connectivity index (χ0v) is 22.8. The van der Waals surface area contributed by atoms with Crippen LogP contribution in [-0.2, 0) is 13.2 Å². The van der Waals surface area contributed by atoms with Crippen LogP contribution in [0.25, 0.3) is 0 Å². The van der Waals surface area contributed by atoms with Crippen molar-refractivity contribution >= 4 is 5.69 Å². The predicted molar refractivity (Wildman–Crippen MR) is 155 cm³/mol. The topological polar surface area (TPSA) is 123 Å². The summed E-state index contributed by atoms with van der Waals surface area (Å²) in [4.78, 5) is 11.0. The standard InChI is InChI=1S/C32H34N2O7/c1-23(32(36)26-12-14-28(15-13-26)39-20-24-8-4-2-5-9-24)33-19-27(35)22-40-29-16-17-31(30(18-29)34(37)38)41-21-25-10-6-3-7-11-25/h2-18,23,27,32-33,35-36H,19-22H2,1H3/t23?,27-,32?/m0/s1. The predicted octanol–water partition coefficient (Wildman–Crippen LogP) is 5.20. The quantitative estimate of drug-likeness (QED) is 0.134. The number of nitrogens with zero attached hydrogens (tertiary/aromatic N) is 1. The first kappa shape index (κ1) is 29.5. The Balaban J connectivity index is 1.22. The number of hydrogen-bond donors (Lipinski definition) is 3. The number of benzene rings is 4. The molecular formula is C32H34N2O7. The Hall–Kier alpha value is -4.44. The van der Waals surface area contributed by atoms with Crippen LogP contribution in [0.4, 0.5) is 5.69 Å². The van der Waals surface area contributed by atoms with Gasteiger partial charge in [-0.05, 0) is 47.9 Å². The third-order valence-electron chi connectivity index (χ3n) is 6.43. The van der Waals surface area contributed by atoms with E-state index in [0.29, 0.717) is 17.9 Å². The SMILES string of the molecule is CC(NC[C@H](O)COc1ccc(OCc2ccccc2)c([N+](=O)[O-])c1)C(O)c1ccc(OCc2ccccc2)cc1. The largest absolute Gasteiger partial charge is 0.491 e. The van der Waals surface area contributed by atoms with Crippen molar-refractivity contribution in [2.45, 2.75) is 38.4 Å². The summed E-state index contributed by atoms with van der Waals surface area (Å²) < 4.78 is 17.0. The van der Waals surface area contributed by atoms with E-state index in [2.05, 4.69) is 5.32 Å². The van der Waals surface area contributed by atoms with E-state index in [1.165, 1.54) is 12.1 Å². The van der Waals surface area contributed by atoms with Crippen LogP contribution in [0.3, 0.4) is 0 Å². The van der Waals surface area contributed by atoms with E-state index in [1.54, 1.807) is 6.07 Å². The molecule has 214 valence electrons. The molecule has 0 aliphatic rings. The number of nitro groups is 1. The highest BCUT2D eigenvalue weighted by Gasteiger charge is 2.19. The minimum Gasteiger partial charge on any atom is -0.491 e. The van der Waals surface area contributed by atoms with E-state index in [0.717, 1.165) is 11.1 Å². The maximum absolute atomic E-state index is 11.6. The van der Waals surface area contributed by atoms with Gasteiger partial charge in [-0.2, -0.15) is 0 Å². The molecule has 2 unspecified atom stereocenters. The van der Waals surface area contributed by atoms with Crippen molar-refractivity contribution in [1.29, 1.82) is 0 Å². The average molecular weight is 559 g/mol. The third-order valence-corrected chi connectivity index (χ3v) is 6.43. The van der Waals surface area contributed by atoms with E-state index >= 15 is 0 Å². The highest BCUT2D eigenvalue weighted by molar-refractivity contribution is 5.51. The minimum absolute atomic E-state index is 0.0926. The Morgan fingerprint density at radius 1 is 0.780 bits per heavy atom. The number of ether oxygens (including phenoxy) is 3. The first-order chi connectivity index (χ1) is 19.9. The third kappa shape index (κ3) is 9.04. The van der Waals surface area contributed by atoms with Gasteiger partial charge in [0.25, 0.3) is 0 Å². The monoisotopic (exact) mass is 558 g/mol. The molecule has 0 fully saturated rings. The highest BCUT2D eigenvalue weighted by atomic mass is 16.6. The van der Waals surface area contributed by atoms with Crippen molar-refractivity contribution < 1.29 is 29.3 Å². The molecule has 0 heterocycles. The van der Waals surface area contributed by atoms with Crippen molar-refractivity contribution in [2.24, 2.45) is 0 Å². The smallest absolute Gasteiger partial charge is 0.314 e. The summed E-state index contributed by atoms with van der Waals surface area (Å²) in [7, 11) is 0. The van der Waals surface area contributed by atoms with Crippen molar-refractivity contribution in [3.63, 3.8) is 0 Å². The fourth-order valence-corrected chi connectivity index (χ4v) is 4.06. The molecule has 4 aromatic carbocycles. The number of nitro benzene ring substituents is 1. The maximum atomic E-state index is 11.6. The number of aliphatic hydroxyl groups is 2. The van der Waals surface area contributed by atoms with Gasteiger partial charge in [0.2, 0.25) is 0 Å². The summed E-state index contributed by atoms with van der Waals surface area (Å²) in [5.41, 5.74) is 2.45. The van der Waals surface area contributed by atoms with Crippen LogP contribution in [0.2, 0.25) is 0 Å². The maximum Gasteiger partial charge on any atom is 0.314 e. The van der Waals surface area contributed by atoms with Crippen molar-refractivity contribution in [2.75, 3.05) is 13.2 Å². The van der Waals surface area contributed by atoms with E-state index in [1.807, 2.05) is 91.9 Å². The van der Waals surface area contributed by atoms with Crippen LogP contribution in [0, 0.1) is 10.1 Å². The zero-order chi connectivity index (χ0) is 29.0. The average Bonchev–Trinajstić information content (AvgIpc) is 3.01. The van der Waals surface area contributed by atoms with Gasteiger partial charge in [-0.15, -0.1) is 0 Å². The summed E-state index contributed by atoms with van der Waals surface area (Å²) in [6, 6.07) is 30.4. The van der Waals surface area contributed by atoms with E-state index in [9.17, 15) is 20.3 Å². The van der Waals surface area contributed by atoms with Gasteiger partial charge in [0.15, 0.2) is 5.75 Å². The van der Waals surface area contributed by atoms with Gasteiger partial charge in [0, 0.05) is 12.6 Å².